The second-order valence-corrected chi connectivity index (χ2v) is 14.8. The van der Waals surface area contributed by atoms with E-state index in [4.69, 9.17) is 44.3 Å². The number of aromatic nitrogens is 4. The Morgan fingerprint density at radius 3 is 2.62 bits per heavy atom. The summed E-state index contributed by atoms with van der Waals surface area (Å²) in [5.74, 6) is -0.347. The summed E-state index contributed by atoms with van der Waals surface area (Å²) in [6.07, 6.45) is 4.74. The maximum Gasteiger partial charge on any atom is 0.367 e. The Morgan fingerprint density at radius 1 is 1.19 bits per heavy atom. The number of halogens is 1. The number of nitrogens with zero attached hydrogens (tertiary/aromatic N) is 6. The Labute approximate surface area is 277 Å². The smallest absolute Gasteiger partial charge is 0.367 e. The van der Waals surface area contributed by atoms with Crippen LogP contribution >= 0.6 is 19.2 Å². The molecule has 5 atom stereocenters. The minimum Gasteiger partial charge on any atom is -0.393 e. The number of fused-ring (bicyclic) bond motifs is 2. The van der Waals surface area contributed by atoms with Crippen molar-refractivity contribution in [3.05, 3.63) is 11.5 Å². The molecule has 0 aromatic carbocycles. The number of hydrazine groups is 2. The molecule has 1 aliphatic carbocycles. The van der Waals surface area contributed by atoms with Gasteiger partial charge in [0, 0.05) is 6.04 Å². The lowest BCUT2D eigenvalue weighted by molar-refractivity contribution is -0.209. The summed E-state index contributed by atoms with van der Waals surface area (Å²) in [5, 5.41) is 23.0. The van der Waals surface area contributed by atoms with Crippen LogP contribution in [-0.2, 0) is 37.3 Å². The van der Waals surface area contributed by atoms with Gasteiger partial charge in [0.05, 0.1) is 44.6 Å². The van der Waals surface area contributed by atoms with Crippen molar-refractivity contribution in [3.63, 3.8) is 0 Å². The summed E-state index contributed by atoms with van der Waals surface area (Å²) in [6.45, 7) is 5.72. The number of aliphatic hydroxyl groups is 1. The molecule has 2 aromatic rings. The Balaban J connectivity index is 1.26. The molecular weight excluding hydrogens is 661 g/mol. The number of hydrogen-bond acceptors (Lipinski definition) is 17. The van der Waals surface area contributed by atoms with Gasteiger partial charge < -0.3 is 43.2 Å². The average molecular weight is 704 g/mol. The lowest BCUT2D eigenvalue weighted by Gasteiger charge is -2.38. The summed E-state index contributed by atoms with van der Waals surface area (Å²) in [6, 6.07) is 0.296. The largest absolute Gasteiger partial charge is 0.393 e. The van der Waals surface area contributed by atoms with Gasteiger partial charge in [0.25, 0.3) is 0 Å². The molecule has 0 amide bonds. The predicted molar refractivity (Wildman–Crippen MR) is 168 cm³/mol. The van der Waals surface area contributed by atoms with Crippen LogP contribution in [0.3, 0.4) is 0 Å². The number of nitrogens with one attached hydrogen (secondary N) is 3. The van der Waals surface area contributed by atoms with E-state index >= 15 is 0 Å². The Morgan fingerprint density at radius 2 is 1.94 bits per heavy atom. The SMILES string of the molecule is CCOP(=O)(OCC)[C@@](CO)(COCN1C=NNN1)OC[C@H]1O[C@@H](n2ncc3c(NC4CCCC4)nc(Cl)nc32)[C@@H]2OC(C)(C)O[C@@H]21. The van der Waals surface area contributed by atoms with Crippen LogP contribution < -0.4 is 16.4 Å². The van der Waals surface area contributed by atoms with Crippen LogP contribution in [-0.4, -0.2) is 111 Å². The van der Waals surface area contributed by atoms with Crippen molar-refractivity contribution >= 4 is 42.4 Å². The Bertz CT molecular complexity index is 1450. The zero-order valence-corrected chi connectivity index (χ0v) is 28.5. The minimum absolute atomic E-state index is 0.0217. The van der Waals surface area contributed by atoms with E-state index in [2.05, 4.69) is 36.6 Å². The molecule has 4 aliphatic rings. The third kappa shape index (κ3) is 7.10. The van der Waals surface area contributed by atoms with Gasteiger partial charge in [0.15, 0.2) is 17.7 Å². The highest BCUT2D eigenvalue weighted by Crippen LogP contribution is 2.61. The fourth-order valence-electron chi connectivity index (χ4n) is 6.27. The number of anilines is 1. The van der Waals surface area contributed by atoms with Crippen molar-refractivity contribution in [2.45, 2.75) is 95.1 Å². The van der Waals surface area contributed by atoms with E-state index in [-0.39, 0.29) is 38.4 Å². The van der Waals surface area contributed by atoms with Crippen LogP contribution in [0, 0.1) is 0 Å². The molecule has 1 saturated carbocycles. The Hall–Kier alpha value is -2.22. The minimum atomic E-state index is -4.12. The third-order valence-electron chi connectivity index (χ3n) is 8.36. The van der Waals surface area contributed by atoms with Crippen molar-refractivity contribution in [2.75, 3.05) is 45.1 Å². The lowest BCUT2D eigenvalue weighted by Crippen LogP contribution is -2.47. The monoisotopic (exact) mass is 703 g/mol. The quantitative estimate of drug-likeness (QED) is 0.147. The van der Waals surface area contributed by atoms with Gasteiger partial charge in [0.2, 0.25) is 10.6 Å². The standard InChI is InChI=1S/C27H43ClN9O9P/c1-5-42-47(39,43-6-2)27(13-38,14-40-16-36-15-29-34-35-36)41-12-19-20-21(46-26(3,4)45-20)24(44-19)37-23-18(11-30-37)22(32-25(28)33-23)31-17-9-7-8-10-17/h11,15,17,19-21,24,34-35,38H,5-10,12-14,16H2,1-4H3,(H,31,32,33)/t19-,20-,21-,24-,27+/m1/s1. The van der Waals surface area contributed by atoms with E-state index in [1.807, 2.05) is 0 Å². The fraction of sp³-hybridized carbons (Fsp3) is 0.778. The zero-order valence-electron chi connectivity index (χ0n) is 26.8. The third-order valence-corrected chi connectivity index (χ3v) is 11.1. The molecule has 6 rings (SSSR count). The first-order chi connectivity index (χ1) is 22.6. The zero-order chi connectivity index (χ0) is 33.2. The molecule has 47 heavy (non-hydrogen) atoms. The van der Waals surface area contributed by atoms with Crippen LogP contribution in [0.25, 0.3) is 11.0 Å². The van der Waals surface area contributed by atoms with E-state index in [9.17, 15) is 9.67 Å². The summed E-state index contributed by atoms with van der Waals surface area (Å²) in [5.41, 5.74) is 5.76. The van der Waals surface area contributed by atoms with Crippen molar-refractivity contribution in [2.24, 2.45) is 5.10 Å². The van der Waals surface area contributed by atoms with Gasteiger partial charge in [-0.25, -0.2) is 10.2 Å². The van der Waals surface area contributed by atoms with E-state index in [0.717, 1.165) is 25.7 Å². The molecule has 2 aromatic heterocycles. The van der Waals surface area contributed by atoms with Gasteiger partial charge in [-0.2, -0.15) is 20.2 Å². The number of hydrogen-bond donors (Lipinski definition) is 4. The maximum atomic E-state index is 14.2. The Kier molecular flexibility index (Phi) is 10.6. The number of rotatable bonds is 16. The average Bonchev–Trinajstić information content (AvgIpc) is 3.86. The van der Waals surface area contributed by atoms with E-state index < -0.39 is 49.9 Å². The van der Waals surface area contributed by atoms with Gasteiger partial charge in [0.1, 0.15) is 37.2 Å². The number of hydrazone groups is 1. The number of ether oxygens (including phenoxy) is 5. The molecule has 2 saturated heterocycles. The van der Waals surface area contributed by atoms with Gasteiger partial charge in [-0.05, 0) is 52.1 Å². The second-order valence-electron chi connectivity index (χ2n) is 12.1. The first-order valence-corrected chi connectivity index (χ1v) is 17.7. The highest BCUT2D eigenvalue weighted by atomic mass is 35.5. The van der Waals surface area contributed by atoms with Gasteiger partial charge in [-0.3, -0.25) is 9.57 Å². The highest BCUT2D eigenvalue weighted by Gasteiger charge is 2.59. The molecule has 3 fully saturated rings. The van der Waals surface area contributed by atoms with Crippen molar-refractivity contribution in [1.29, 1.82) is 0 Å². The molecule has 5 heterocycles. The molecule has 0 bridgehead atoms. The summed E-state index contributed by atoms with van der Waals surface area (Å²) in [7, 11) is -4.12. The van der Waals surface area contributed by atoms with E-state index in [1.165, 1.54) is 11.3 Å². The molecule has 0 unspecified atom stereocenters. The summed E-state index contributed by atoms with van der Waals surface area (Å²) >= 11 is 6.40. The molecule has 4 N–H and O–H groups in total. The fourth-order valence-corrected chi connectivity index (χ4v) is 8.31. The van der Waals surface area contributed by atoms with Gasteiger partial charge in [-0.15, -0.1) is 5.53 Å². The molecule has 0 radical (unpaired) electrons. The number of aliphatic hydroxyl groups excluding tert-OH is 1. The van der Waals surface area contributed by atoms with Crippen LogP contribution in [0.15, 0.2) is 11.3 Å². The van der Waals surface area contributed by atoms with Crippen molar-refractivity contribution in [1.82, 2.24) is 35.8 Å². The normalized spacial score (nSPS) is 27.1. The predicted octanol–water partition coefficient (Wildman–Crippen LogP) is 2.47. The van der Waals surface area contributed by atoms with Crippen molar-refractivity contribution < 1.29 is 42.4 Å². The topological polar surface area (TPSA) is 197 Å². The van der Waals surface area contributed by atoms with E-state index in [1.54, 1.807) is 38.6 Å². The molecule has 18 nitrogen and oxygen atoms in total. The van der Waals surface area contributed by atoms with Gasteiger partial charge >= 0.3 is 7.60 Å². The van der Waals surface area contributed by atoms with Crippen LogP contribution in [0.5, 0.6) is 0 Å². The molecule has 3 aliphatic heterocycles. The first kappa shape index (κ1) is 34.6. The summed E-state index contributed by atoms with van der Waals surface area (Å²) < 4.78 is 58.3. The molecule has 0 spiro atoms. The van der Waals surface area contributed by atoms with Crippen LogP contribution in [0.2, 0.25) is 5.28 Å². The van der Waals surface area contributed by atoms with Crippen molar-refractivity contribution in [3.8, 4) is 0 Å². The molecular formula is C27H43ClN9O9P. The van der Waals surface area contributed by atoms with E-state index in [0.29, 0.717) is 22.9 Å². The molecule has 20 heteroatoms. The summed E-state index contributed by atoms with van der Waals surface area (Å²) in [4.78, 5) is 8.94. The molecule has 262 valence electrons. The highest BCUT2D eigenvalue weighted by molar-refractivity contribution is 7.55. The second kappa shape index (κ2) is 14.3. The maximum absolute atomic E-state index is 14.2. The van der Waals surface area contributed by atoms with Crippen LogP contribution in [0.4, 0.5) is 5.82 Å². The lowest BCUT2D eigenvalue weighted by atomic mass is 10.1. The van der Waals surface area contributed by atoms with Crippen LogP contribution in [0.1, 0.15) is 59.6 Å². The van der Waals surface area contributed by atoms with Gasteiger partial charge in [-0.1, -0.05) is 12.8 Å². The first-order valence-electron chi connectivity index (χ1n) is 15.8.